The molecule has 0 amide bonds. The standard InChI is InChI=1S/C17H15F2NO/c1-2-20-10-12(16-7-6-14(19)9-17(16)20)11-21-15-5-3-4-13(18)8-15/h3-10H,2,11H2,1H3. The number of hydrogen-bond acceptors (Lipinski definition) is 1. The van der Waals surface area contributed by atoms with Crippen molar-refractivity contribution in [3.8, 4) is 5.75 Å². The van der Waals surface area contributed by atoms with Gasteiger partial charge in [-0.1, -0.05) is 6.07 Å². The van der Waals surface area contributed by atoms with Crippen LogP contribution in [0, 0.1) is 11.6 Å². The maximum Gasteiger partial charge on any atom is 0.126 e. The summed E-state index contributed by atoms with van der Waals surface area (Å²) in [7, 11) is 0. The number of rotatable bonds is 4. The van der Waals surface area contributed by atoms with Gasteiger partial charge < -0.3 is 9.30 Å². The molecule has 0 spiro atoms. The van der Waals surface area contributed by atoms with E-state index >= 15 is 0 Å². The third kappa shape index (κ3) is 2.75. The molecule has 1 heterocycles. The fourth-order valence-electron chi connectivity index (χ4n) is 2.44. The number of nitrogens with zero attached hydrogens (tertiary/aromatic N) is 1. The molecule has 0 saturated heterocycles. The molecule has 0 saturated carbocycles. The second kappa shape index (κ2) is 5.56. The van der Waals surface area contributed by atoms with Crippen LogP contribution < -0.4 is 4.74 Å². The molecule has 0 unspecified atom stereocenters. The van der Waals surface area contributed by atoms with E-state index in [4.69, 9.17) is 4.74 Å². The summed E-state index contributed by atoms with van der Waals surface area (Å²) in [4.78, 5) is 0. The van der Waals surface area contributed by atoms with E-state index in [2.05, 4.69) is 0 Å². The fraction of sp³-hybridized carbons (Fsp3) is 0.176. The molecule has 0 aliphatic carbocycles. The molecule has 0 radical (unpaired) electrons. The van der Waals surface area contributed by atoms with Crippen molar-refractivity contribution in [2.75, 3.05) is 0 Å². The molecule has 0 aliphatic rings. The SMILES string of the molecule is CCn1cc(COc2cccc(F)c2)c2ccc(F)cc21. The van der Waals surface area contributed by atoms with Crippen molar-refractivity contribution in [1.29, 1.82) is 0 Å². The van der Waals surface area contributed by atoms with Crippen LogP contribution in [0.5, 0.6) is 5.75 Å². The largest absolute Gasteiger partial charge is 0.489 e. The minimum absolute atomic E-state index is 0.257. The molecule has 0 N–H and O–H groups in total. The number of ether oxygens (including phenoxy) is 1. The van der Waals surface area contributed by atoms with Gasteiger partial charge in [0.2, 0.25) is 0 Å². The number of halogens is 2. The highest BCUT2D eigenvalue weighted by Gasteiger charge is 2.09. The second-order valence-electron chi connectivity index (χ2n) is 4.85. The Bertz CT molecular complexity index is 780. The highest BCUT2D eigenvalue weighted by atomic mass is 19.1. The lowest BCUT2D eigenvalue weighted by atomic mass is 10.2. The van der Waals surface area contributed by atoms with Gasteiger partial charge in [-0.3, -0.25) is 0 Å². The smallest absolute Gasteiger partial charge is 0.126 e. The predicted molar refractivity (Wildman–Crippen MR) is 78.3 cm³/mol. The number of aryl methyl sites for hydroxylation is 1. The lowest BCUT2D eigenvalue weighted by Gasteiger charge is -2.05. The second-order valence-corrected chi connectivity index (χ2v) is 4.85. The quantitative estimate of drug-likeness (QED) is 0.688. The van der Waals surface area contributed by atoms with E-state index in [1.54, 1.807) is 18.2 Å². The predicted octanol–water partition coefficient (Wildman–Crippen LogP) is 4.52. The maximum atomic E-state index is 13.4. The Hall–Kier alpha value is -2.36. The molecule has 2 aromatic carbocycles. The zero-order chi connectivity index (χ0) is 14.8. The summed E-state index contributed by atoms with van der Waals surface area (Å²) in [6.07, 6.45) is 1.95. The Labute approximate surface area is 121 Å². The maximum absolute atomic E-state index is 13.4. The Morgan fingerprint density at radius 1 is 1.05 bits per heavy atom. The Morgan fingerprint density at radius 3 is 2.62 bits per heavy atom. The van der Waals surface area contributed by atoms with Crippen LogP contribution in [0.25, 0.3) is 10.9 Å². The Kier molecular flexibility index (Phi) is 3.60. The molecule has 21 heavy (non-hydrogen) atoms. The minimum atomic E-state index is -0.328. The Balaban J connectivity index is 1.90. The van der Waals surface area contributed by atoms with Crippen LogP contribution in [0.1, 0.15) is 12.5 Å². The highest BCUT2D eigenvalue weighted by Crippen LogP contribution is 2.24. The monoisotopic (exact) mass is 287 g/mol. The fourth-order valence-corrected chi connectivity index (χ4v) is 2.44. The zero-order valence-corrected chi connectivity index (χ0v) is 11.6. The molecule has 0 atom stereocenters. The topological polar surface area (TPSA) is 14.2 Å². The summed E-state index contributed by atoms with van der Waals surface area (Å²) < 4.78 is 34.1. The molecule has 3 aromatic rings. The van der Waals surface area contributed by atoms with Gasteiger partial charge in [0.25, 0.3) is 0 Å². The van der Waals surface area contributed by atoms with E-state index in [1.807, 2.05) is 17.7 Å². The van der Waals surface area contributed by atoms with Crippen LogP contribution in [0.15, 0.2) is 48.7 Å². The zero-order valence-electron chi connectivity index (χ0n) is 11.6. The first-order valence-electron chi connectivity index (χ1n) is 6.83. The third-order valence-electron chi connectivity index (χ3n) is 3.46. The lowest BCUT2D eigenvalue weighted by Crippen LogP contribution is -1.95. The van der Waals surface area contributed by atoms with Crippen molar-refractivity contribution in [1.82, 2.24) is 4.57 Å². The van der Waals surface area contributed by atoms with Gasteiger partial charge >= 0.3 is 0 Å². The molecule has 4 heteroatoms. The third-order valence-corrected chi connectivity index (χ3v) is 3.46. The lowest BCUT2D eigenvalue weighted by molar-refractivity contribution is 0.305. The molecule has 3 rings (SSSR count). The van der Waals surface area contributed by atoms with Gasteiger partial charge in [0, 0.05) is 29.8 Å². The first-order chi connectivity index (χ1) is 10.2. The normalized spacial score (nSPS) is 11.0. The average molecular weight is 287 g/mol. The first-order valence-corrected chi connectivity index (χ1v) is 6.83. The number of fused-ring (bicyclic) bond motifs is 1. The molecule has 0 fully saturated rings. The van der Waals surface area contributed by atoms with Crippen LogP contribution in [0.2, 0.25) is 0 Å². The number of benzene rings is 2. The highest BCUT2D eigenvalue weighted by molar-refractivity contribution is 5.84. The van der Waals surface area contributed by atoms with Gasteiger partial charge in [-0.25, -0.2) is 8.78 Å². The van der Waals surface area contributed by atoms with Gasteiger partial charge in [-0.15, -0.1) is 0 Å². The van der Waals surface area contributed by atoms with Crippen molar-refractivity contribution < 1.29 is 13.5 Å². The van der Waals surface area contributed by atoms with Gasteiger partial charge in [0.1, 0.15) is 24.0 Å². The molecular formula is C17H15F2NO. The Morgan fingerprint density at radius 2 is 1.86 bits per heavy atom. The van der Waals surface area contributed by atoms with E-state index in [9.17, 15) is 8.78 Å². The molecule has 2 nitrogen and oxygen atoms in total. The number of hydrogen-bond donors (Lipinski definition) is 0. The van der Waals surface area contributed by atoms with Crippen molar-refractivity contribution in [3.05, 3.63) is 65.9 Å². The van der Waals surface area contributed by atoms with E-state index < -0.39 is 0 Å². The van der Waals surface area contributed by atoms with E-state index in [0.29, 0.717) is 12.4 Å². The molecule has 0 aliphatic heterocycles. The molecule has 0 bridgehead atoms. The van der Waals surface area contributed by atoms with E-state index in [-0.39, 0.29) is 11.6 Å². The van der Waals surface area contributed by atoms with Crippen LogP contribution in [0.4, 0.5) is 8.78 Å². The van der Waals surface area contributed by atoms with Crippen LogP contribution in [-0.2, 0) is 13.2 Å². The van der Waals surface area contributed by atoms with Crippen molar-refractivity contribution in [3.63, 3.8) is 0 Å². The van der Waals surface area contributed by atoms with Gasteiger partial charge in [0.15, 0.2) is 0 Å². The van der Waals surface area contributed by atoms with Gasteiger partial charge in [-0.05, 0) is 37.3 Å². The van der Waals surface area contributed by atoms with Gasteiger partial charge in [0.05, 0.1) is 5.52 Å². The number of aromatic nitrogens is 1. The van der Waals surface area contributed by atoms with Crippen molar-refractivity contribution >= 4 is 10.9 Å². The summed E-state index contributed by atoms with van der Waals surface area (Å²) in [5.41, 5.74) is 1.80. The molecular weight excluding hydrogens is 272 g/mol. The van der Waals surface area contributed by atoms with Crippen LogP contribution in [-0.4, -0.2) is 4.57 Å². The summed E-state index contributed by atoms with van der Waals surface area (Å²) in [6, 6.07) is 10.7. The van der Waals surface area contributed by atoms with Crippen LogP contribution in [0.3, 0.4) is 0 Å². The van der Waals surface area contributed by atoms with Gasteiger partial charge in [-0.2, -0.15) is 0 Å². The van der Waals surface area contributed by atoms with E-state index in [1.165, 1.54) is 24.3 Å². The van der Waals surface area contributed by atoms with Crippen LogP contribution >= 0.6 is 0 Å². The molecule has 108 valence electrons. The summed E-state index contributed by atoms with van der Waals surface area (Å²) in [5, 5.41) is 0.953. The van der Waals surface area contributed by atoms with E-state index in [0.717, 1.165) is 23.0 Å². The van der Waals surface area contributed by atoms with Crippen molar-refractivity contribution in [2.24, 2.45) is 0 Å². The first kappa shape index (κ1) is 13.6. The summed E-state index contributed by atoms with van der Waals surface area (Å²) in [6.45, 7) is 3.07. The minimum Gasteiger partial charge on any atom is -0.489 e. The molecule has 1 aromatic heterocycles. The van der Waals surface area contributed by atoms with Crippen molar-refractivity contribution in [2.45, 2.75) is 20.1 Å². The summed E-state index contributed by atoms with van der Waals surface area (Å²) >= 11 is 0. The summed E-state index contributed by atoms with van der Waals surface area (Å²) in [5.74, 6) is -0.104. The average Bonchev–Trinajstić information content (AvgIpc) is 2.82.